The smallest absolute Gasteiger partial charge is 0.311 e. The summed E-state index contributed by atoms with van der Waals surface area (Å²) in [6, 6.07) is 9.93. The number of hydrogen-bond acceptors (Lipinski definition) is 3. The Bertz CT molecular complexity index is 746. The predicted octanol–water partition coefficient (Wildman–Crippen LogP) is 3.70. The van der Waals surface area contributed by atoms with Crippen molar-refractivity contribution in [2.75, 3.05) is 0 Å². The minimum Gasteiger partial charge on any atom is -0.481 e. The first kappa shape index (κ1) is 18.8. The molecule has 1 heterocycles. The number of amides is 1. The number of carbonyl (C=O) groups excluding carboxylic acids is 1. The molecule has 1 amide bonds. The van der Waals surface area contributed by atoms with Gasteiger partial charge in [-0.3, -0.25) is 9.59 Å². The summed E-state index contributed by atoms with van der Waals surface area (Å²) in [6.07, 6.45) is 1.87. The summed E-state index contributed by atoms with van der Waals surface area (Å²) in [5, 5.41) is 12.1. The van der Waals surface area contributed by atoms with Crippen LogP contribution in [0.1, 0.15) is 54.4 Å². The van der Waals surface area contributed by atoms with Gasteiger partial charge in [-0.05, 0) is 18.9 Å². The molecule has 2 aromatic rings. The number of nitrogens with one attached hydrogen (secondary N) is 1. The van der Waals surface area contributed by atoms with Crippen LogP contribution in [0.3, 0.4) is 0 Å². The zero-order valence-electron chi connectivity index (χ0n) is 15.1. The quantitative estimate of drug-likeness (QED) is 0.803. The lowest BCUT2D eigenvalue weighted by Gasteiger charge is -2.35. The Labute approximate surface area is 148 Å². The molecule has 0 aliphatic heterocycles. The first-order chi connectivity index (χ1) is 11.8. The third kappa shape index (κ3) is 4.10. The van der Waals surface area contributed by atoms with E-state index in [2.05, 4.69) is 19.2 Å². The fraction of sp³-hybridized carbons (Fsp3) is 0.400. The lowest BCUT2D eigenvalue weighted by molar-refractivity contribution is -0.136. The Morgan fingerprint density at radius 2 is 1.88 bits per heavy atom. The molecule has 5 nitrogen and oxygen atoms in total. The molecule has 0 aliphatic carbocycles. The number of carbonyl (C=O) groups is 2. The first-order valence-electron chi connectivity index (χ1n) is 8.42. The van der Waals surface area contributed by atoms with Crippen LogP contribution in [0.15, 0.2) is 41.0 Å². The third-order valence-corrected chi connectivity index (χ3v) is 4.69. The molecule has 1 unspecified atom stereocenters. The monoisotopic (exact) mass is 343 g/mol. The Morgan fingerprint density at radius 3 is 2.44 bits per heavy atom. The van der Waals surface area contributed by atoms with Gasteiger partial charge in [-0.2, -0.15) is 0 Å². The van der Waals surface area contributed by atoms with Gasteiger partial charge >= 0.3 is 5.97 Å². The summed E-state index contributed by atoms with van der Waals surface area (Å²) < 4.78 is 5.27. The summed E-state index contributed by atoms with van der Waals surface area (Å²) in [6.45, 7) is 7.96. The normalized spacial score (nSPS) is 12.6. The number of furan rings is 1. The second-order valence-electron chi connectivity index (χ2n) is 6.81. The van der Waals surface area contributed by atoms with Gasteiger partial charge in [0.15, 0.2) is 0 Å². The highest BCUT2D eigenvalue weighted by Crippen LogP contribution is 2.29. The van der Waals surface area contributed by atoms with Crippen LogP contribution in [0.2, 0.25) is 0 Å². The molecular weight excluding hydrogens is 318 g/mol. The van der Waals surface area contributed by atoms with Gasteiger partial charge in [-0.15, -0.1) is 0 Å². The van der Waals surface area contributed by atoms with Crippen LogP contribution in [0, 0.1) is 6.92 Å². The molecule has 0 saturated carbocycles. The number of carboxylic acids is 1. The molecule has 0 saturated heterocycles. The first-order valence-corrected chi connectivity index (χ1v) is 8.42. The highest BCUT2D eigenvalue weighted by Gasteiger charge is 2.32. The summed E-state index contributed by atoms with van der Waals surface area (Å²) >= 11 is 0. The van der Waals surface area contributed by atoms with Crippen LogP contribution in [0.4, 0.5) is 0 Å². The van der Waals surface area contributed by atoms with Crippen molar-refractivity contribution in [1.29, 1.82) is 0 Å². The van der Waals surface area contributed by atoms with Gasteiger partial charge in [-0.25, -0.2) is 0 Å². The highest BCUT2D eigenvalue weighted by molar-refractivity contribution is 5.97. The standard InChI is InChI=1S/C20H25NO4/c1-5-16(20(3,4)14-9-7-6-8-10-14)21-19(24)18-13(2)12-25-15(18)11-17(22)23/h6-10,12,16H,5,11H2,1-4H3,(H,21,24)(H,22,23). The van der Waals surface area contributed by atoms with E-state index in [0.29, 0.717) is 11.1 Å². The van der Waals surface area contributed by atoms with E-state index >= 15 is 0 Å². The van der Waals surface area contributed by atoms with Crippen molar-refractivity contribution >= 4 is 11.9 Å². The minimum atomic E-state index is -1.03. The maximum Gasteiger partial charge on any atom is 0.311 e. The van der Waals surface area contributed by atoms with E-state index in [4.69, 9.17) is 9.52 Å². The van der Waals surface area contributed by atoms with E-state index in [-0.39, 0.29) is 29.5 Å². The molecule has 134 valence electrons. The summed E-state index contributed by atoms with van der Waals surface area (Å²) in [5.74, 6) is -1.13. The Kier molecular flexibility index (Phi) is 5.67. The molecule has 5 heteroatoms. The number of aliphatic carboxylic acids is 1. The van der Waals surface area contributed by atoms with E-state index in [1.54, 1.807) is 6.92 Å². The average molecular weight is 343 g/mol. The van der Waals surface area contributed by atoms with Crippen molar-refractivity contribution in [2.24, 2.45) is 0 Å². The average Bonchev–Trinajstić information content (AvgIpc) is 2.92. The van der Waals surface area contributed by atoms with E-state index in [0.717, 1.165) is 12.0 Å². The number of carboxylic acid groups (broad SMARTS) is 1. The van der Waals surface area contributed by atoms with Gasteiger partial charge < -0.3 is 14.8 Å². The summed E-state index contributed by atoms with van der Waals surface area (Å²) in [5.41, 5.74) is 1.83. The van der Waals surface area contributed by atoms with E-state index in [1.165, 1.54) is 6.26 Å². The Balaban J connectivity index is 2.26. The highest BCUT2D eigenvalue weighted by atomic mass is 16.4. The van der Waals surface area contributed by atoms with Gasteiger partial charge in [0.2, 0.25) is 0 Å². The van der Waals surface area contributed by atoms with Gasteiger partial charge in [0, 0.05) is 17.0 Å². The summed E-state index contributed by atoms with van der Waals surface area (Å²) in [4.78, 5) is 23.8. The number of benzene rings is 1. The third-order valence-electron chi connectivity index (χ3n) is 4.69. The zero-order chi connectivity index (χ0) is 18.6. The van der Waals surface area contributed by atoms with Gasteiger partial charge in [0.05, 0.1) is 11.8 Å². The molecule has 0 spiro atoms. The fourth-order valence-electron chi connectivity index (χ4n) is 3.16. The van der Waals surface area contributed by atoms with Gasteiger partial charge in [-0.1, -0.05) is 51.1 Å². The van der Waals surface area contributed by atoms with Crippen molar-refractivity contribution in [3.05, 3.63) is 59.0 Å². The molecule has 0 aliphatic rings. The molecule has 25 heavy (non-hydrogen) atoms. The molecule has 0 fully saturated rings. The second kappa shape index (κ2) is 7.55. The van der Waals surface area contributed by atoms with Crippen LogP contribution >= 0.6 is 0 Å². The van der Waals surface area contributed by atoms with Crippen molar-refractivity contribution in [2.45, 2.75) is 52.0 Å². The largest absolute Gasteiger partial charge is 0.481 e. The molecular formula is C20H25NO4. The van der Waals surface area contributed by atoms with Crippen LogP contribution in [-0.4, -0.2) is 23.0 Å². The van der Waals surface area contributed by atoms with E-state index in [1.807, 2.05) is 37.3 Å². The predicted molar refractivity (Wildman–Crippen MR) is 95.8 cm³/mol. The van der Waals surface area contributed by atoms with Crippen molar-refractivity contribution in [3.8, 4) is 0 Å². The van der Waals surface area contributed by atoms with Gasteiger partial charge in [0.1, 0.15) is 12.2 Å². The van der Waals surface area contributed by atoms with Crippen LogP contribution in [-0.2, 0) is 16.6 Å². The second-order valence-corrected chi connectivity index (χ2v) is 6.81. The molecule has 0 radical (unpaired) electrons. The maximum atomic E-state index is 12.8. The topological polar surface area (TPSA) is 79.5 Å². The van der Waals surface area contributed by atoms with Crippen molar-refractivity contribution in [3.63, 3.8) is 0 Å². The minimum absolute atomic E-state index is 0.102. The molecule has 0 bridgehead atoms. The van der Waals surface area contributed by atoms with Crippen LogP contribution in [0.25, 0.3) is 0 Å². The molecule has 1 aromatic heterocycles. The number of hydrogen-bond donors (Lipinski definition) is 2. The van der Waals surface area contributed by atoms with Crippen LogP contribution in [0.5, 0.6) is 0 Å². The lowest BCUT2D eigenvalue weighted by Crippen LogP contribution is -2.47. The van der Waals surface area contributed by atoms with Gasteiger partial charge in [0.25, 0.3) is 5.91 Å². The Hall–Kier alpha value is -2.56. The zero-order valence-corrected chi connectivity index (χ0v) is 15.1. The molecule has 2 N–H and O–H groups in total. The molecule has 2 rings (SSSR count). The SMILES string of the molecule is CCC(NC(=O)c1c(C)coc1CC(=O)O)C(C)(C)c1ccccc1. The molecule has 1 aromatic carbocycles. The lowest BCUT2D eigenvalue weighted by atomic mass is 9.76. The maximum absolute atomic E-state index is 12.8. The van der Waals surface area contributed by atoms with Crippen molar-refractivity contribution < 1.29 is 19.1 Å². The summed E-state index contributed by atoms with van der Waals surface area (Å²) in [7, 11) is 0. The number of aryl methyl sites for hydroxylation is 1. The Morgan fingerprint density at radius 1 is 1.24 bits per heavy atom. The van der Waals surface area contributed by atoms with Crippen molar-refractivity contribution in [1.82, 2.24) is 5.32 Å². The van der Waals surface area contributed by atoms with E-state index in [9.17, 15) is 9.59 Å². The van der Waals surface area contributed by atoms with Crippen LogP contribution < -0.4 is 5.32 Å². The molecule has 1 atom stereocenters. The fourth-order valence-corrected chi connectivity index (χ4v) is 3.16. The number of rotatable bonds is 7. The van der Waals surface area contributed by atoms with E-state index < -0.39 is 5.97 Å².